The number of H-pyrrole nitrogens is 1. The number of fused-ring (bicyclic) bond motifs is 1. The molecule has 8 heteroatoms. The highest BCUT2D eigenvalue weighted by Gasteiger charge is 2.27. The van der Waals surface area contributed by atoms with E-state index in [1.165, 1.54) is 24.4 Å². The van der Waals surface area contributed by atoms with Gasteiger partial charge in [-0.05, 0) is 78.5 Å². The van der Waals surface area contributed by atoms with Crippen LogP contribution in [-0.4, -0.2) is 49.5 Å². The van der Waals surface area contributed by atoms with Crippen LogP contribution in [0.15, 0.2) is 29.8 Å². The first-order valence-electron chi connectivity index (χ1n) is 10.4. The van der Waals surface area contributed by atoms with Crippen molar-refractivity contribution in [2.45, 2.75) is 31.7 Å². The number of hydrogen-bond acceptors (Lipinski definition) is 5. The van der Waals surface area contributed by atoms with Crippen LogP contribution < -0.4 is 5.73 Å². The lowest BCUT2D eigenvalue weighted by Crippen LogP contribution is -2.35. The quantitative estimate of drug-likeness (QED) is 0.452. The van der Waals surface area contributed by atoms with E-state index >= 15 is 0 Å². The molecule has 0 saturated carbocycles. The first kappa shape index (κ1) is 20.1. The molecule has 5 N–H and O–H groups in total. The minimum Gasteiger partial charge on any atom is -0.366 e. The smallest absolute Gasteiger partial charge is 0.250 e. The summed E-state index contributed by atoms with van der Waals surface area (Å²) in [6.45, 7) is 3.33. The van der Waals surface area contributed by atoms with Gasteiger partial charge in [-0.3, -0.25) is 18.8 Å². The first-order chi connectivity index (χ1) is 14.4. The zero-order valence-electron chi connectivity index (χ0n) is 16.8. The average Bonchev–Trinajstić information content (AvgIpc) is 3.31. The number of nitrogens with two attached hydrogens (primary N) is 1. The van der Waals surface area contributed by atoms with Crippen LogP contribution in [0.4, 0.5) is 0 Å². The number of hydrogen-bond donors (Lipinski definition) is 4. The summed E-state index contributed by atoms with van der Waals surface area (Å²) in [4.78, 5) is 19.2. The monoisotopic (exact) mass is 445 g/mol. The molecule has 30 heavy (non-hydrogen) atoms. The number of aromatic amines is 1. The first-order valence-corrected chi connectivity index (χ1v) is 13.1. The molecular formula is C22H27N3O3S2. The van der Waals surface area contributed by atoms with Gasteiger partial charge in [0.2, 0.25) is 0 Å². The van der Waals surface area contributed by atoms with E-state index in [4.69, 9.17) is 5.73 Å². The lowest BCUT2D eigenvalue weighted by molar-refractivity contribution is 0.100. The van der Waals surface area contributed by atoms with Crippen LogP contribution in [0.1, 0.15) is 46.0 Å². The zero-order chi connectivity index (χ0) is 20.9. The van der Waals surface area contributed by atoms with Gasteiger partial charge in [0, 0.05) is 34.5 Å². The van der Waals surface area contributed by atoms with E-state index in [1.54, 1.807) is 11.3 Å². The predicted octanol–water partition coefficient (Wildman–Crippen LogP) is 4.83. The van der Waals surface area contributed by atoms with Crippen molar-refractivity contribution in [2.24, 2.45) is 5.73 Å². The number of aromatic nitrogens is 1. The van der Waals surface area contributed by atoms with Gasteiger partial charge in [-0.15, -0.1) is 11.3 Å². The highest BCUT2D eigenvalue weighted by atomic mass is 32.3. The topological polar surface area (TPSA) is 103 Å². The summed E-state index contributed by atoms with van der Waals surface area (Å²) in [6, 6.07) is 6.25. The summed E-state index contributed by atoms with van der Waals surface area (Å²) >= 11 is 1.76. The second kappa shape index (κ2) is 7.69. The molecule has 2 fully saturated rings. The molecule has 2 saturated heterocycles. The van der Waals surface area contributed by atoms with E-state index in [-0.39, 0.29) is 5.92 Å². The highest BCUT2D eigenvalue weighted by Crippen LogP contribution is 2.49. The largest absolute Gasteiger partial charge is 0.366 e. The molecule has 4 heterocycles. The average molecular weight is 446 g/mol. The van der Waals surface area contributed by atoms with Crippen molar-refractivity contribution in [3.05, 3.63) is 45.8 Å². The third-order valence-electron chi connectivity index (χ3n) is 6.43. The van der Waals surface area contributed by atoms with Crippen molar-refractivity contribution in [1.29, 1.82) is 0 Å². The fourth-order valence-corrected chi connectivity index (χ4v) is 7.01. The number of carbonyl (C=O) groups is 1. The third kappa shape index (κ3) is 3.78. The molecule has 2 aliphatic heterocycles. The van der Waals surface area contributed by atoms with Crippen molar-refractivity contribution in [1.82, 2.24) is 9.88 Å². The van der Waals surface area contributed by atoms with Gasteiger partial charge in [-0.25, -0.2) is 0 Å². The highest BCUT2D eigenvalue weighted by molar-refractivity contribution is 8.24. The van der Waals surface area contributed by atoms with E-state index in [0.717, 1.165) is 47.0 Å². The van der Waals surface area contributed by atoms with Crippen molar-refractivity contribution in [2.75, 3.05) is 24.6 Å². The number of benzene rings is 1. The minimum atomic E-state index is -2.42. The van der Waals surface area contributed by atoms with Gasteiger partial charge in [0.15, 0.2) is 0 Å². The summed E-state index contributed by atoms with van der Waals surface area (Å²) < 4.78 is 19.9. The van der Waals surface area contributed by atoms with Crippen LogP contribution in [0.25, 0.3) is 22.0 Å². The van der Waals surface area contributed by atoms with Crippen LogP contribution in [0.5, 0.6) is 0 Å². The fraction of sp³-hybridized carbons (Fsp3) is 0.409. The lowest BCUT2D eigenvalue weighted by Gasteiger charge is -2.39. The normalized spacial score (nSPS) is 20.9. The van der Waals surface area contributed by atoms with Gasteiger partial charge in [0.05, 0.1) is 11.1 Å². The van der Waals surface area contributed by atoms with Crippen LogP contribution in [0, 0.1) is 0 Å². The SMILES string of the molecule is NC(=O)c1cc(-c2csc(CN3CCC3)c2)cc2c(C3CCS(O)(O)CC3)c[nH]c12. The molecule has 2 aliphatic rings. The Balaban J connectivity index is 1.52. The lowest BCUT2D eigenvalue weighted by atomic mass is 9.91. The van der Waals surface area contributed by atoms with Gasteiger partial charge in [-0.1, -0.05) is 0 Å². The summed E-state index contributed by atoms with van der Waals surface area (Å²) in [6.07, 6.45) is 4.72. The second-order valence-electron chi connectivity index (χ2n) is 8.47. The van der Waals surface area contributed by atoms with E-state index < -0.39 is 16.5 Å². The van der Waals surface area contributed by atoms with Crippen molar-refractivity contribution < 1.29 is 13.9 Å². The Bertz CT molecular complexity index is 1090. The molecule has 0 spiro atoms. The number of nitrogens with one attached hydrogen (secondary N) is 1. The molecule has 0 aliphatic carbocycles. The van der Waals surface area contributed by atoms with Crippen molar-refractivity contribution >= 4 is 38.7 Å². The summed E-state index contributed by atoms with van der Waals surface area (Å²) in [5, 5.41) is 3.17. The molecule has 6 nitrogen and oxygen atoms in total. The van der Waals surface area contributed by atoms with E-state index in [0.29, 0.717) is 17.1 Å². The van der Waals surface area contributed by atoms with E-state index in [1.807, 2.05) is 12.3 Å². The van der Waals surface area contributed by atoms with E-state index in [2.05, 4.69) is 27.4 Å². The molecule has 1 amide bonds. The Morgan fingerprint density at radius 1 is 1.20 bits per heavy atom. The number of amides is 1. The summed E-state index contributed by atoms with van der Waals surface area (Å²) in [5.74, 6) is 0.692. The molecule has 0 atom stereocenters. The maximum atomic E-state index is 12.2. The molecule has 2 aromatic heterocycles. The molecule has 5 rings (SSSR count). The van der Waals surface area contributed by atoms with Gasteiger partial charge >= 0.3 is 0 Å². The van der Waals surface area contributed by atoms with Gasteiger partial charge in [0.1, 0.15) is 0 Å². The van der Waals surface area contributed by atoms with Crippen molar-refractivity contribution in [3.8, 4) is 11.1 Å². The maximum Gasteiger partial charge on any atom is 0.250 e. The standard InChI is InChI=1S/C22H27N3O3S2/c23-22(26)19-10-15(16-8-17(29-13-16)12-25-4-1-5-25)9-18-20(11-24-21(18)19)14-2-6-30(27,28)7-3-14/h8-11,13-14,24,27-28H,1-7,12H2,(H2,23,26). The van der Waals surface area contributed by atoms with Gasteiger partial charge in [0.25, 0.3) is 5.91 Å². The van der Waals surface area contributed by atoms with Crippen LogP contribution in [0.2, 0.25) is 0 Å². The number of likely N-dealkylation sites (tertiary alicyclic amines) is 1. The molecule has 0 unspecified atom stereocenters. The van der Waals surface area contributed by atoms with Crippen LogP contribution in [-0.2, 0) is 6.54 Å². The van der Waals surface area contributed by atoms with Gasteiger partial charge in [-0.2, -0.15) is 10.6 Å². The Kier molecular flexibility index (Phi) is 5.15. The molecule has 3 aromatic rings. The fourth-order valence-electron chi connectivity index (χ4n) is 4.55. The third-order valence-corrected chi connectivity index (χ3v) is 9.13. The van der Waals surface area contributed by atoms with Gasteiger partial charge < -0.3 is 10.7 Å². The summed E-state index contributed by atoms with van der Waals surface area (Å²) in [7, 11) is -2.42. The Morgan fingerprint density at radius 3 is 2.63 bits per heavy atom. The number of thiophene rings is 1. The molecule has 0 radical (unpaired) electrons. The Morgan fingerprint density at radius 2 is 1.97 bits per heavy atom. The number of carbonyl (C=O) groups excluding carboxylic acids is 1. The molecule has 0 bridgehead atoms. The zero-order valence-corrected chi connectivity index (χ0v) is 18.4. The number of primary amides is 1. The molecular weight excluding hydrogens is 418 g/mol. The van der Waals surface area contributed by atoms with Crippen molar-refractivity contribution in [3.63, 3.8) is 0 Å². The minimum absolute atomic E-state index is 0.249. The van der Waals surface area contributed by atoms with E-state index in [9.17, 15) is 13.9 Å². The Labute approximate surface area is 181 Å². The number of rotatable bonds is 5. The number of nitrogens with zero attached hydrogens (tertiary/aromatic N) is 1. The second-order valence-corrected chi connectivity index (χ2v) is 11.9. The Hall–Kier alpha value is -1.84. The van der Waals surface area contributed by atoms with Crippen LogP contribution in [0.3, 0.4) is 0 Å². The predicted molar refractivity (Wildman–Crippen MR) is 125 cm³/mol. The molecule has 160 valence electrons. The molecule has 1 aromatic carbocycles. The summed E-state index contributed by atoms with van der Waals surface area (Å²) in [5.41, 5.74) is 10.3. The maximum absolute atomic E-state index is 12.2. The van der Waals surface area contributed by atoms with Crippen LogP contribution >= 0.6 is 21.9 Å².